The quantitative estimate of drug-likeness (QED) is 0.623. The number of amides is 1. The summed E-state index contributed by atoms with van der Waals surface area (Å²) in [7, 11) is -3.83. The van der Waals surface area contributed by atoms with Gasteiger partial charge in [-0.05, 0) is 37.5 Å². The van der Waals surface area contributed by atoms with E-state index in [9.17, 15) is 18.0 Å². The minimum atomic E-state index is -3.83. The van der Waals surface area contributed by atoms with E-state index in [-0.39, 0.29) is 22.6 Å². The van der Waals surface area contributed by atoms with Crippen LogP contribution in [0.25, 0.3) is 0 Å². The maximum atomic E-state index is 12.0. The number of carbonyl (C=O) groups is 2. The Kier molecular flexibility index (Phi) is 5.94. The van der Waals surface area contributed by atoms with Gasteiger partial charge in [-0.2, -0.15) is 0 Å². The third-order valence-electron chi connectivity index (χ3n) is 3.74. The largest absolute Gasteiger partial charge is 0.450 e. The number of nitrogens with zero attached hydrogens (tertiary/aromatic N) is 1. The van der Waals surface area contributed by atoms with Crippen LogP contribution in [0.4, 0.5) is 5.82 Å². The van der Waals surface area contributed by atoms with E-state index in [2.05, 4.69) is 15.0 Å². The zero-order chi connectivity index (χ0) is 20.5. The van der Waals surface area contributed by atoms with Crippen LogP contribution in [0.1, 0.15) is 29.0 Å². The fourth-order valence-electron chi connectivity index (χ4n) is 2.07. The van der Waals surface area contributed by atoms with E-state index in [0.717, 1.165) is 25.0 Å². The Balaban J connectivity index is 1.57. The molecule has 0 spiro atoms. The van der Waals surface area contributed by atoms with E-state index in [0.29, 0.717) is 10.6 Å². The van der Waals surface area contributed by atoms with Gasteiger partial charge in [0.05, 0.1) is 10.0 Å². The number of nitrogens with one attached hydrogen (secondary N) is 2. The van der Waals surface area contributed by atoms with Gasteiger partial charge in [0.25, 0.3) is 15.9 Å². The molecule has 9 nitrogen and oxygen atoms in total. The average Bonchev–Trinajstić information content (AvgIpc) is 3.29. The summed E-state index contributed by atoms with van der Waals surface area (Å²) in [6.45, 7) is 1.00. The number of esters is 1. The van der Waals surface area contributed by atoms with E-state index < -0.39 is 33.6 Å². The molecule has 0 radical (unpaired) electrons. The van der Waals surface area contributed by atoms with Crippen LogP contribution >= 0.6 is 23.2 Å². The zero-order valence-electron chi connectivity index (χ0n) is 14.5. The fourth-order valence-corrected chi connectivity index (χ4v) is 3.69. The molecule has 0 aliphatic heterocycles. The Morgan fingerprint density at radius 1 is 1.32 bits per heavy atom. The summed E-state index contributed by atoms with van der Waals surface area (Å²) >= 11 is 11.9. The number of hydrogen-bond acceptors (Lipinski definition) is 7. The van der Waals surface area contributed by atoms with Gasteiger partial charge in [-0.3, -0.25) is 4.79 Å². The lowest BCUT2D eigenvalue weighted by Gasteiger charge is -2.09. The van der Waals surface area contributed by atoms with Gasteiger partial charge in [0.2, 0.25) is 10.9 Å². The molecule has 2 heterocycles. The van der Waals surface area contributed by atoms with Crippen molar-refractivity contribution in [1.82, 2.24) is 9.71 Å². The Hall–Kier alpha value is -2.14. The first-order valence-corrected chi connectivity index (χ1v) is 10.3. The van der Waals surface area contributed by atoms with Crippen LogP contribution in [0.15, 0.2) is 27.8 Å². The average molecular weight is 448 g/mol. The summed E-state index contributed by atoms with van der Waals surface area (Å²) in [6, 6.07) is 2.19. The number of furan rings is 1. The van der Waals surface area contributed by atoms with Crippen molar-refractivity contribution in [3.05, 3.63) is 39.7 Å². The number of carbonyl (C=O) groups excluding carboxylic acids is 2. The second-order valence-electron chi connectivity index (χ2n) is 6.03. The molecule has 1 aliphatic rings. The summed E-state index contributed by atoms with van der Waals surface area (Å²) in [4.78, 5) is 27.8. The Morgan fingerprint density at radius 3 is 2.71 bits per heavy atom. The molecule has 150 valence electrons. The van der Waals surface area contributed by atoms with Gasteiger partial charge in [-0.1, -0.05) is 23.2 Å². The normalized spacial score (nSPS) is 14.0. The van der Waals surface area contributed by atoms with E-state index in [1.54, 1.807) is 6.92 Å². The molecule has 0 aromatic carbocycles. The molecule has 3 rings (SSSR count). The lowest BCUT2D eigenvalue weighted by Crippen LogP contribution is -2.25. The Bertz CT molecular complexity index is 1030. The highest BCUT2D eigenvalue weighted by molar-refractivity contribution is 7.89. The van der Waals surface area contributed by atoms with Crippen molar-refractivity contribution in [1.29, 1.82) is 0 Å². The molecule has 28 heavy (non-hydrogen) atoms. The fraction of sp³-hybridized carbons (Fsp3) is 0.312. The molecule has 2 aromatic rings. The number of anilines is 1. The first-order valence-electron chi connectivity index (χ1n) is 8.07. The molecule has 0 atom stereocenters. The van der Waals surface area contributed by atoms with Crippen LogP contribution in [0.5, 0.6) is 0 Å². The van der Waals surface area contributed by atoms with Crippen molar-refractivity contribution in [2.75, 3.05) is 11.9 Å². The third-order valence-corrected chi connectivity index (χ3v) is 5.98. The van der Waals surface area contributed by atoms with E-state index in [1.807, 2.05) is 0 Å². The van der Waals surface area contributed by atoms with Gasteiger partial charge in [0.15, 0.2) is 12.4 Å². The summed E-state index contributed by atoms with van der Waals surface area (Å²) in [5, 5.41) is 2.49. The van der Waals surface area contributed by atoms with Crippen LogP contribution < -0.4 is 10.0 Å². The molecule has 12 heteroatoms. The van der Waals surface area contributed by atoms with E-state index in [4.69, 9.17) is 32.4 Å². The van der Waals surface area contributed by atoms with Gasteiger partial charge >= 0.3 is 5.97 Å². The predicted octanol–water partition coefficient (Wildman–Crippen LogP) is 2.53. The summed E-state index contributed by atoms with van der Waals surface area (Å²) in [5.41, 5.74) is 0.537. The molecular formula is C16H15Cl2N3O6S. The number of halogens is 2. The van der Waals surface area contributed by atoms with Gasteiger partial charge < -0.3 is 14.5 Å². The standard InChI is InChI=1S/C16H15Cl2N3O6S/c1-8-10(17)6-19-15(14(8)18)20-12(22)7-26-16(23)11-4-5-13(27-11)28(24,25)21-9-2-3-9/h4-6,9,21H,2-3,7H2,1H3,(H,19,20,22). The van der Waals surface area contributed by atoms with Crippen LogP contribution in [0.3, 0.4) is 0 Å². The lowest BCUT2D eigenvalue weighted by molar-refractivity contribution is -0.119. The highest BCUT2D eigenvalue weighted by atomic mass is 35.5. The second-order valence-corrected chi connectivity index (χ2v) is 8.46. The first-order chi connectivity index (χ1) is 13.2. The summed E-state index contributed by atoms with van der Waals surface area (Å²) < 4.78 is 36.3. The van der Waals surface area contributed by atoms with Crippen molar-refractivity contribution in [2.45, 2.75) is 30.9 Å². The van der Waals surface area contributed by atoms with Crippen molar-refractivity contribution in [3.8, 4) is 0 Å². The molecule has 2 aromatic heterocycles. The van der Waals surface area contributed by atoms with Gasteiger partial charge in [-0.25, -0.2) is 22.9 Å². The highest BCUT2D eigenvalue weighted by Gasteiger charge is 2.30. The smallest absolute Gasteiger partial charge is 0.374 e. The number of rotatable bonds is 7. The zero-order valence-corrected chi connectivity index (χ0v) is 16.8. The summed E-state index contributed by atoms with van der Waals surface area (Å²) in [5.74, 6) is -1.96. The Morgan fingerprint density at radius 2 is 2.04 bits per heavy atom. The topological polar surface area (TPSA) is 128 Å². The molecule has 0 bridgehead atoms. The molecule has 1 saturated carbocycles. The van der Waals surface area contributed by atoms with E-state index in [1.165, 1.54) is 6.20 Å². The predicted molar refractivity (Wildman–Crippen MR) is 100.0 cm³/mol. The van der Waals surface area contributed by atoms with Gasteiger partial charge in [0, 0.05) is 12.2 Å². The molecule has 2 N–H and O–H groups in total. The number of sulfonamides is 1. The minimum Gasteiger partial charge on any atom is -0.450 e. The van der Waals surface area contributed by atoms with Crippen molar-refractivity contribution < 1.29 is 27.2 Å². The van der Waals surface area contributed by atoms with Crippen LogP contribution in [0.2, 0.25) is 10.0 Å². The van der Waals surface area contributed by atoms with Crippen LogP contribution in [0, 0.1) is 6.92 Å². The van der Waals surface area contributed by atoms with Crippen LogP contribution in [-0.2, 0) is 19.6 Å². The Labute approximate surface area is 170 Å². The molecule has 1 aliphatic carbocycles. The number of ether oxygens (including phenoxy) is 1. The maximum Gasteiger partial charge on any atom is 0.374 e. The monoisotopic (exact) mass is 447 g/mol. The number of hydrogen-bond donors (Lipinski definition) is 2. The highest BCUT2D eigenvalue weighted by Crippen LogP contribution is 2.28. The van der Waals surface area contributed by atoms with Gasteiger partial charge in [0.1, 0.15) is 0 Å². The lowest BCUT2D eigenvalue weighted by atomic mass is 10.3. The molecular weight excluding hydrogens is 433 g/mol. The van der Waals surface area contributed by atoms with E-state index >= 15 is 0 Å². The van der Waals surface area contributed by atoms with Crippen molar-refractivity contribution >= 4 is 50.9 Å². The minimum absolute atomic E-state index is 0.0714. The first kappa shape index (κ1) is 20.6. The van der Waals surface area contributed by atoms with Crippen LogP contribution in [-0.4, -0.2) is 37.9 Å². The molecule has 0 unspecified atom stereocenters. The maximum absolute atomic E-state index is 12.0. The number of aromatic nitrogens is 1. The molecule has 1 amide bonds. The molecule has 0 saturated heterocycles. The SMILES string of the molecule is Cc1c(Cl)cnc(NC(=O)COC(=O)c2ccc(S(=O)(=O)NC3CC3)o2)c1Cl. The number of pyridine rings is 1. The summed E-state index contributed by atoms with van der Waals surface area (Å²) in [6.07, 6.45) is 2.84. The molecule has 1 fully saturated rings. The van der Waals surface area contributed by atoms with Crippen molar-refractivity contribution in [3.63, 3.8) is 0 Å². The van der Waals surface area contributed by atoms with Crippen molar-refractivity contribution in [2.24, 2.45) is 0 Å². The third kappa shape index (κ3) is 4.82. The second kappa shape index (κ2) is 8.08. The van der Waals surface area contributed by atoms with Gasteiger partial charge in [-0.15, -0.1) is 0 Å².